The predicted octanol–water partition coefficient (Wildman–Crippen LogP) is 4.35. The minimum atomic E-state index is -0.148. The van der Waals surface area contributed by atoms with Gasteiger partial charge in [-0.25, -0.2) is 4.98 Å². The van der Waals surface area contributed by atoms with Crippen molar-refractivity contribution >= 4 is 38.8 Å². The number of carbonyl (C=O) groups is 1. The van der Waals surface area contributed by atoms with Crippen molar-refractivity contribution in [1.29, 1.82) is 0 Å². The monoisotopic (exact) mass is 351 g/mol. The Morgan fingerprint density at radius 2 is 2.04 bits per heavy atom. The number of pyridine rings is 1. The molecular weight excluding hydrogens is 338 g/mol. The van der Waals surface area contributed by atoms with Crippen molar-refractivity contribution in [3.8, 4) is 10.6 Å². The van der Waals surface area contributed by atoms with Gasteiger partial charge in [-0.2, -0.15) is 0 Å². The van der Waals surface area contributed by atoms with E-state index in [1.54, 1.807) is 17.5 Å². The fourth-order valence-corrected chi connectivity index (χ4v) is 3.95. The van der Waals surface area contributed by atoms with Gasteiger partial charge in [-0.3, -0.25) is 9.78 Å². The number of nitrogens with zero attached hydrogens (tertiary/aromatic N) is 2. The Bertz CT molecular complexity index is 959. The molecule has 0 fully saturated rings. The molecule has 1 amide bonds. The number of carbonyl (C=O) groups excluding carboxylic acids is 1. The van der Waals surface area contributed by atoms with E-state index in [1.165, 1.54) is 11.3 Å². The number of hydrogen-bond acceptors (Lipinski definition) is 5. The lowest BCUT2D eigenvalue weighted by Gasteiger charge is -2.04. The van der Waals surface area contributed by atoms with Gasteiger partial charge in [-0.1, -0.05) is 18.2 Å². The van der Waals surface area contributed by atoms with E-state index >= 15 is 0 Å². The van der Waals surface area contributed by atoms with Crippen molar-refractivity contribution in [2.24, 2.45) is 0 Å². The van der Waals surface area contributed by atoms with Crippen LogP contribution in [0, 0.1) is 0 Å². The molecule has 0 spiro atoms. The second kappa shape index (κ2) is 6.51. The molecule has 6 heteroatoms. The molecular formula is C18H13N3OS2. The highest BCUT2D eigenvalue weighted by Crippen LogP contribution is 2.23. The number of benzene rings is 1. The van der Waals surface area contributed by atoms with Crippen molar-refractivity contribution in [1.82, 2.24) is 15.3 Å². The van der Waals surface area contributed by atoms with E-state index in [4.69, 9.17) is 0 Å². The normalized spacial score (nSPS) is 10.8. The first-order valence-electron chi connectivity index (χ1n) is 7.42. The maximum atomic E-state index is 12.3. The summed E-state index contributed by atoms with van der Waals surface area (Å²) >= 11 is 3.06. The van der Waals surface area contributed by atoms with Crippen LogP contribution in [0.4, 0.5) is 0 Å². The van der Waals surface area contributed by atoms with E-state index in [-0.39, 0.29) is 5.91 Å². The summed E-state index contributed by atoms with van der Waals surface area (Å²) in [5, 5.41) is 5.45. The van der Waals surface area contributed by atoms with Crippen LogP contribution in [0.25, 0.3) is 20.8 Å². The average molecular weight is 351 g/mol. The maximum Gasteiger partial charge on any atom is 0.280 e. The molecule has 4 rings (SSSR count). The van der Waals surface area contributed by atoms with Crippen molar-refractivity contribution in [3.05, 3.63) is 70.7 Å². The van der Waals surface area contributed by atoms with Gasteiger partial charge < -0.3 is 5.32 Å². The largest absolute Gasteiger partial charge is 0.346 e. The van der Waals surface area contributed by atoms with Gasteiger partial charge in [-0.05, 0) is 41.3 Å². The number of hydrogen-bond donors (Lipinski definition) is 1. The lowest BCUT2D eigenvalue weighted by molar-refractivity contribution is 0.0950. The van der Waals surface area contributed by atoms with E-state index in [0.29, 0.717) is 11.6 Å². The van der Waals surface area contributed by atoms with E-state index in [1.807, 2.05) is 53.9 Å². The van der Waals surface area contributed by atoms with Crippen LogP contribution in [-0.4, -0.2) is 15.9 Å². The fraction of sp³-hybridized carbons (Fsp3) is 0.0556. The Morgan fingerprint density at radius 1 is 1.12 bits per heavy atom. The smallest absolute Gasteiger partial charge is 0.280 e. The third kappa shape index (κ3) is 3.06. The molecule has 0 aliphatic carbocycles. The first-order chi connectivity index (χ1) is 11.8. The SMILES string of the molecule is O=C(NCc1ccnc(-c2cccs2)c1)c1nc2ccccc2s1. The number of rotatable bonds is 4. The van der Waals surface area contributed by atoms with Crippen molar-refractivity contribution in [3.63, 3.8) is 0 Å². The molecule has 0 aliphatic rings. The van der Waals surface area contributed by atoms with E-state index in [2.05, 4.69) is 15.3 Å². The van der Waals surface area contributed by atoms with Crippen molar-refractivity contribution in [2.75, 3.05) is 0 Å². The average Bonchev–Trinajstić information content (AvgIpc) is 3.29. The summed E-state index contributed by atoms with van der Waals surface area (Å²) in [5.41, 5.74) is 2.80. The van der Waals surface area contributed by atoms with Gasteiger partial charge in [0.05, 0.1) is 20.8 Å². The second-order valence-electron chi connectivity index (χ2n) is 5.20. The van der Waals surface area contributed by atoms with Crippen molar-refractivity contribution in [2.45, 2.75) is 6.54 Å². The molecule has 4 nitrogen and oxygen atoms in total. The molecule has 4 aromatic rings. The number of thiazole rings is 1. The highest BCUT2D eigenvalue weighted by Gasteiger charge is 2.12. The Kier molecular flexibility index (Phi) is 4.06. The molecule has 24 heavy (non-hydrogen) atoms. The molecule has 0 atom stereocenters. The molecule has 3 aromatic heterocycles. The zero-order valence-electron chi connectivity index (χ0n) is 12.6. The summed E-state index contributed by atoms with van der Waals surface area (Å²) in [6.07, 6.45) is 1.77. The summed E-state index contributed by atoms with van der Waals surface area (Å²) in [7, 11) is 0. The van der Waals surface area contributed by atoms with Gasteiger partial charge >= 0.3 is 0 Å². The zero-order valence-corrected chi connectivity index (χ0v) is 14.2. The quantitative estimate of drug-likeness (QED) is 0.595. The van der Waals surface area contributed by atoms with Crippen LogP contribution in [-0.2, 0) is 6.54 Å². The van der Waals surface area contributed by atoms with Gasteiger partial charge in [0, 0.05) is 12.7 Å². The molecule has 0 saturated heterocycles. The summed E-state index contributed by atoms with van der Waals surface area (Å²) in [6, 6.07) is 15.7. The van der Waals surface area contributed by atoms with Crippen LogP contribution in [0.3, 0.4) is 0 Å². The van der Waals surface area contributed by atoms with Gasteiger partial charge in [0.2, 0.25) is 0 Å². The third-order valence-electron chi connectivity index (χ3n) is 3.54. The molecule has 3 heterocycles. The summed E-state index contributed by atoms with van der Waals surface area (Å²) < 4.78 is 1.02. The number of para-hydroxylation sites is 1. The molecule has 0 saturated carbocycles. The van der Waals surface area contributed by atoms with Crippen molar-refractivity contribution < 1.29 is 4.79 Å². The van der Waals surface area contributed by atoms with E-state index < -0.39 is 0 Å². The van der Waals surface area contributed by atoms with Gasteiger partial charge in [-0.15, -0.1) is 22.7 Å². The Balaban J connectivity index is 1.48. The zero-order chi connectivity index (χ0) is 16.4. The highest BCUT2D eigenvalue weighted by atomic mass is 32.1. The first-order valence-corrected chi connectivity index (χ1v) is 9.12. The molecule has 1 aromatic carbocycles. The summed E-state index contributed by atoms with van der Waals surface area (Å²) in [5.74, 6) is -0.148. The highest BCUT2D eigenvalue weighted by molar-refractivity contribution is 7.20. The lowest BCUT2D eigenvalue weighted by Crippen LogP contribution is -2.22. The van der Waals surface area contributed by atoms with Gasteiger partial charge in [0.1, 0.15) is 0 Å². The molecule has 0 bridgehead atoms. The van der Waals surface area contributed by atoms with Crippen LogP contribution in [0.1, 0.15) is 15.4 Å². The van der Waals surface area contributed by atoms with Crippen LogP contribution < -0.4 is 5.32 Å². The summed E-state index contributed by atoms with van der Waals surface area (Å²) in [4.78, 5) is 22.2. The minimum Gasteiger partial charge on any atom is -0.346 e. The van der Waals surface area contributed by atoms with Gasteiger partial charge in [0.25, 0.3) is 5.91 Å². The number of fused-ring (bicyclic) bond motifs is 1. The Labute approximate surface area is 146 Å². The number of aromatic nitrogens is 2. The summed E-state index contributed by atoms with van der Waals surface area (Å²) in [6.45, 7) is 0.454. The number of thiophene rings is 1. The second-order valence-corrected chi connectivity index (χ2v) is 7.17. The van der Waals surface area contributed by atoms with E-state index in [9.17, 15) is 4.79 Å². The standard InChI is InChI=1S/C18H13N3OS2/c22-17(18-21-13-4-1-2-5-16(13)24-18)20-11-12-7-8-19-14(10-12)15-6-3-9-23-15/h1-10H,11H2,(H,20,22). The first kappa shape index (κ1) is 15.0. The molecule has 1 N–H and O–H groups in total. The molecule has 118 valence electrons. The van der Waals surface area contributed by atoms with Gasteiger partial charge in [0.15, 0.2) is 5.01 Å². The molecule has 0 unspecified atom stereocenters. The Hall–Kier alpha value is -2.57. The third-order valence-corrected chi connectivity index (χ3v) is 5.47. The Morgan fingerprint density at radius 3 is 2.88 bits per heavy atom. The minimum absolute atomic E-state index is 0.148. The van der Waals surface area contributed by atoms with Crippen LogP contribution in [0.2, 0.25) is 0 Å². The number of nitrogens with one attached hydrogen (secondary N) is 1. The number of amides is 1. The van der Waals surface area contributed by atoms with Crippen LogP contribution in [0.5, 0.6) is 0 Å². The van der Waals surface area contributed by atoms with Crippen LogP contribution in [0.15, 0.2) is 60.1 Å². The molecule has 0 radical (unpaired) electrons. The molecule has 0 aliphatic heterocycles. The fourth-order valence-electron chi connectivity index (χ4n) is 2.37. The van der Waals surface area contributed by atoms with Crippen LogP contribution >= 0.6 is 22.7 Å². The lowest BCUT2D eigenvalue weighted by atomic mass is 10.2. The predicted molar refractivity (Wildman–Crippen MR) is 98.3 cm³/mol. The maximum absolute atomic E-state index is 12.3. The topological polar surface area (TPSA) is 54.9 Å². The van der Waals surface area contributed by atoms with E-state index in [0.717, 1.165) is 26.4 Å².